The van der Waals surface area contributed by atoms with Crippen LogP contribution in [0.3, 0.4) is 0 Å². The Morgan fingerprint density at radius 2 is 2.15 bits per heavy atom. The predicted octanol–water partition coefficient (Wildman–Crippen LogP) is 4.36. The van der Waals surface area contributed by atoms with Crippen LogP contribution in [0.25, 0.3) is 0 Å². The number of nitrogens with one attached hydrogen (secondary N) is 1. The minimum atomic E-state index is 0.143. The van der Waals surface area contributed by atoms with E-state index in [9.17, 15) is 0 Å². The van der Waals surface area contributed by atoms with Gasteiger partial charge in [0.1, 0.15) is 0 Å². The summed E-state index contributed by atoms with van der Waals surface area (Å²) in [4.78, 5) is 1.26. The molecular formula is C13H18Br2N4S. The van der Waals surface area contributed by atoms with Crippen molar-refractivity contribution in [3.63, 3.8) is 0 Å². The van der Waals surface area contributed by atoms with E-state index in [1.807, 2.05) is 10.9 Å². The maximum absolute atomic E-state index is 4.20. The van der Waals surface area contributed by atoms with Gasteiger partial charge in [-0.15, -0.1) is 16.4 Å². The molecule has 1 N–H and O–H groups in total. The number of thiophene rings is 1. The molecule has 0 saturated heterocycles. The Bertz CT molecular complexity index is 533. The summed E-state index contributed by atoms with van der Waals surface area (Å²) in [5.41, 5.74) is 1.13. The summed E-state index contributed by atoms with van der Waals surface area (Å²) in [6.07, 6.45) is 4.01. The van der Waals surface area contributed by atoms with E-state index in [4.69, 9.17) is 0 Å². The van der Waals surface area contributed by atoms with Gasteiger partial charge in [-0.25, -0.2) is 4.68 Å². The van der Waals surface area contributed by atoms with Crippen LogP contribution in [0.2, 0.25) is 0 Å². The molecule has 20 heavy (non-hydrogen) atoms. The molecule has 0 saturated carbocycles. The van der Waals surface area contributed by atoms with Gasteiger partial charge in [-0.3, -0.25) is 0 Å². The first-order valence-electron chi connectivity index (χ1n) is 6.73. The third kappa shape index (κ3) is 3.69. The fourth-order valence-electron chi connectivity index (χ4n) is 2.02. The highest BCUT2D eigenvalue weighted by atomic mass is 79.9. The highest BCUT2D eigenvalue weighted by Gasteiger charge is 2.21. The van der Waals surface area contributed by atoms with E-state index >= 15 is 0 Å². The zero-order valence-corrected chi connectivity index (χ0v) is 15.6. The molecule has 0 amide bonds. The van der Waals surface area contributed by atoms with E-state index in [0.717, 1.165) is 39.9 Å². The molecule has 0 aromatic carbocycles. The molecule has 0 spiro atoms. The summed E-state index contributed by atoms with van der Waals surface area (Å²) in [6.45, 7) is 6.19. The molecule has 2 rings (SSSR count). The second-order valence-corrected chi connectivity index (χ2v) is 7.80. The average molecular weight is 422 g/mol. The molecule has 0 aliphatic carbocycles. The van der Waals surface area contributed by atoms with Gasteiger partial charge in [0.2, 0.25) is 0 Å². The topological polar surface area (TPSA) is 42.7 Å². The Labute approximate surface area is 140 Å². The van der Waals surface area contributed by atoms with Gasteiger partial charge in [0.15, 0.2) is 0 Å². The molecule has 2 aromatic heterocycles. The number of hydrogen-bond donors (Lipinski definition) is 1. The number of nitrogens with zero attached hydrogens (tertiary/aromatic N) is 3. The smallest absolute Gasteiger partial charge is 0.0859 e. The molecule has 0 aliphatic heterocycles. The van der Waals surface area contributed by atoms with Gasteiger partial charge in [0.25, 0.3) is 0 Å². The zero-order valence-electron chi connectivity index (χ0n) is 11.6. The molecule has 0 aliphatic rings. The van der Waals surface area contributed by atoms with Gasteiger partial charge in [-0.2, -0.15) is 0 Å². The van der Waals surface area contributed by atoms with Crippen molar-refractivity contribution in [2.45, 2.75) is 39.3 Å². The minimum Gasteiger partial charge on any atom is -0.304 e. The van der Waals surface area contributed by atoms with Gasteiger partial charge in [0, 0.05) is 15.9 Å². The summed E-state index contributed by atoms with van der Waals surface area (Å²) in [6, 6.07) is 2.30. The van der Waals surface area contributed by atoms with E-state index in [-0.39, 0.29) is 6.04 Å². The van der Waals surface area contributed by atoms with Crippen molar-refractivity contribution in [2.24, 2.45) is 0 Å². The summed E-state index contributed by atoms with van der Waals surface area (Å²) < 4.78 is 4.20. The Morgan fingerprint density at radius 1 is 1.35 bits per heavy atom. The fraction of sp³-hybridized carbons (Fsp3) is 0.538. The maximum atomic E-state index is 4.20. The number of aryl methyl sites for hydroxylation is 1. The summed E-state index contributed by atoms with van der Waals surface area (Å²) in [5, 5.41) is 11.9. The Hall–Kier alpha value is -0.240. The van der Waals surface area contributed by atoms with Crippen molar-refractivity contribution in [3.8, 4) is 0 Å². The van der Waals surface area contributed by atoms with Gasteiger partial charge >= 0.3 is 0 Å². The molecule has 0 radical (unpaired) electrons. The lowest BCUT2D eigenvalue weighted by Crippen LogP contribution is -2.25. The molecule has 7 heteroatoms. The van der Waals surface area contributed by atoms with Crippen molar-refractivity contribution in [1.82, 2.24) is 20.3 Å². The van der Waals surface area contributed by atoms with Gasteiger partial charge in [-0.05, 0) is 57.3 Å². The highest BCUT2D eigenvalue weighted by Crippen LogP contribution is 2.37. The molecule has 0 bridgehead atoms. The summed E-state index contributed by atoms with van der Waals surface area (Å²) in [7, 11) is 0. The van der Waals surface area contributed by atoms with Crippen LogP contribution >= 0.6 is 43.2 Å². The van der Waals surface area contributed by atoms with E-state index in [1.54, 1.807) is 11.3 Å². The van der Waals surface area contributed by atoms with Crippen molar-refractivity contribution in [3.05, 3.63) is 31.1 Å². The lowest BCUT2D eigenvalue weighted by atomic mass is 10.1. The highest BCUT2D eigenvalue weighted by molar-refractivity contribution is 9.13. The molecule has 4 nitrogen and oxygen atoms in total. The van der Waals surface area contributed by atoms with E-state index < -0.39 is 0 Å². The van der Waals surface area contributed by atoms with Crippen molar-refractivity contribution in [2.75, 3.05) is 6.54 Å². The normalized spacial score (nSPS) is 12.8. The minimum absolute atomic E-state index is 0.143. The number of halogens is 2. The van der Waals surface area contributed by atoms with Crippen LogP contribution < -0.4 is 5.32 Å². The van der Waals surface area contributed by atoms with Crippen LogP contribution in [0.15, 0.2) is 20.5 Å². The number of rotatable bonds is 7. The van der Waals surface area contributed by atoms with E-state index in [1.165, 1.54) is 4.88 Å². The van der Waals surface area contributed by atoms with E-state index in [2.05, 4.69) is 67.4 Å². The first-order valence-corrected chi connectivity index (χ1v) is 9.14. The predicted molar refractivity (Wildman–Crippen MR) is 90.2 cm³/mol. The van der Waals surface area contributed by atoms with Crippen LogP contribution in [0.4, 0.5) is 0 Å². The van der Waals surface area contributed by atoms with Crippen LogP contribution in [0.1, 0.15) is 43.3 Å². The van der Waals surface area contributed by atoms with Gasteiger partial charge < -0.3 is 5.32 Å². The third-order valence-electron chi connectivity index (χ3n) is 2.93. The molecular weight excluding hydrogens is 404 g/mol. The molecule has 1 unspecified atom stereocenters. The molecule has 110 valence electrons. The lowest BCUT2D eigenvalue weighted by molar-refractivity contribution is 0.507. The quantitative estimate of drug-likeness (QED) is 0.721. The second kappa shape index (κ2) is 7.68. The van der Waals surface area contributed by atoms with Crippen molar-refractivity contribution in [1.29, 1.82) is 0 Å². The first kappa shape index (κ1) is 16.1. The summed E-state index contributed by atoms with van der Waals surface area (Å²) >= 11 is 8.87. The Balaban J connectivity index is 2.33. The van der Waals surface area contributed by atoms with Crippen LogP contribution in [-0.4, -0.2) is 21.5 Å². The zero-order chi connectivity index (χ0) is 14.5. The molecule has 0 fully saturated rings. The van der Waals surface area contributed by atoms with Crippen molar-refractivity contribution < 1.29 is 0 Å². The SMILES string of the molecule is CCCNC(c1cc(Br)c(Br)s1)c1cnnn1CCC. The Morgan fingerprint density at radius 3 is 2.75 bits per heavy atom. The fourth-order valence-corrected chi connectivity index (χ4v) is 4.20. The molecule has 2 heterocycles. The first-order chi connectivity index (χ1) is 9.67. The lowest BCUT2D eigenvalue weighted by Gasteiger charge is -2.17. The van der Waals surface area contributed by atoms with Crippen LogP contribution in [0, 0.1) is 0 Å². The van der Waals surface area contributed by atoms with Crippen molar-refractivity contribution >= 4 is 43.2 Å². The number of hydrogen-bond acceptors (Lipinski definition) is 4. The van der Waals surface area contributed by atoms with Gasteiger partial charge in [0.05, 0.1) is 21.7 Å². The largest absolute Gasteiger partial charge is 0.304 e. The monoisotopic (exact) mass is 420 g/mol. The third-order valence-corrected chi connectivity index (χ3v) is 6.25. The maximum Gasteiger partial charge on any atom is 0.0859 e. The number of aromatic nitrogens is 3. The average Bonchev–Trinajstić information content (AvgIpc) is 3.00. The van der Waals surface area contributed by atoms with Crippen LogP contribution in [-0.2, 0) is 6.54 Å². The van der Waals surface area contributed by atoms with Crippen LogP contribution in [0.5, 0.6) is 0 Å². The summed E-state index contributed by atoms with van der Waals surface area (Å²) in [5.74, 6) is 0. The Kier molecular flexibility index (Phi) is 6.20. The van der Waals surface area contributed by atoms with Gasteiger partial charge in [-0.1, -0.05) is 19.1 Å². The van der Waals surface area contributed by atoms with E-state index in [0.29, 0.717) is 0 Å². The standard InChI is InChI=1S/C13H18Br2N4S/c1-3-5-16-12(11-7-9(14)13(15)20-11)10-8-17-18-19(10)6-4-2/h7-8,12,16H,3-6H2,1-2H3. The molecule has 2 aromatic rings. The second-order valence-electron chi connectivity index (χ2n) is 4.54. The molecule has 1 atom stereocenters.